The molecule has 17 heavy (non-hydrogen) atoms. The Labute approximate surface area is 105 Å². The summed E-state index contributed by atoms with van der Waals surface area (Å²) in [5.41, 5.74) is -0.421. The van der Waals surface area contributed by atoms with Gasteiger partial charge in [-0.1, -0.05) is 12.8 Å². The second-order valence-electron chi connectivity index (χ2n) is 5.84. The Morgan fingerprint density at radius 3 is 2.41 bits per heavy atom. The van der Waals surface area contributed by atoms with Crippen molar-refractivity contribution >= 4 is 6.09 Å². The van der Waals surface area contributed by atoms with E-state index >= 15 is 0 Å². The highest BCUT2D eigenvalue weighted by molar-refractivity contribution is 5.68. The average molecular weight is 242 g/mol. The van der Waals surface area contributed by atoms with Crippen LogP contribution < -0.4 is 5.32 Å². The lowest BCUT2D eigenvalue weighted by atomic mass is 9.89. The van der Waals surface area contributed by atoms with Crippen molar-refractivity contribution in [2.45, 2.75) is 64.1 Å². The molecule has 0 heterocycles. The highest BCUT2D eigenvalue weighted by Gasteiger charge is 2.31. The van der Waals surface area contributed by atoms with Gasteiger partial charge in [0.15, 0.2) is 0 Å². The molecule has 2 atom stereocenters. The van der Waals surface area contributed by atoms with Gasteiger partial charge in [-0.3, -0.25) is 0 Å². The zero-order valence-electron chi connectivity index (χ0n) is 11.7. The second-order valence-corrected chi connectivity index (χ2v) is 5.84. The first-order valence-corrected chi connectivity index (χ1v) is 6.48. The third kappa shape index (κ3) is 4.19. The van der Waals surface area contributed by atoms with Gasteiger partial charge >= 0.3 is 6.09 Å². The van der Waals surface area contributed by atoms with Crippen LogP contribution in [-0.4, -0.2) is 42.8 Å². The van der Waals surface area contributed by atoms with Gasteiger partial charge in [-0.2, -0.15) is 0 Å². The van der Waals surface area contributed by atoms with Crippen LogP contribution >= 0.6 is 0 Å². The lowest BCUT2D eigenvalue weighted by Crippen LogP contribution is -2.52. The summed E-state index contributed by atoms with van der Waals surface area (Å²) in [5, 5.41) is 3.30. The molecule has 0 aromatic heterocycles. The van der Waals surface area contributed by atoms with E-state index in [1.54, 1.807) is 4.90 Å². The van der Waals surface area contributed by atoms with Gasteiger partial charge in [-0.15, -0.1) is 0 Å². The molecule has 1 aliphatic carbocycles. The van der Waals surface area contributed by atoms with Crippen LogP contribution in [0, 0.1) is 0 Å². The van der Waals surface area contributed by atoms with Gasteiger partial charge in [0.25, 0.3) is 0 Å². The summed E-state index contributed by atoms with van der Waals surface area (Å²) in [6.07, 6.45) is 4.40. The molecular weight excluding hydrogens is 216 g/mol. The third-order valence-electron chi connectivity index (χ3n) is 3.28. The van der Waals surface area contributed by atoms with E-state index in [4.69, 9.17) is 4.74 Å². The highest BCUT2D eigenvalue weighted by Crippen LogP contribution is 2.23. The van der Waals surface area contributed by atoms with Crippen LogP contribution in [0.15, 0.2) is 0 Å². The van der Waals surface area contributed by atoms with Gasteiger partial charge in [0.05, 0.1) is 0 Å². The molecule has 0 spiro atoms. The van der Waals surface area contributed by atoms with Gasteiger partial charge in [-0.25, -0.2) is 4.79 Å². The number of nitrogens with one attached hydrogen (secondary N) is 1. The molecule has 0 unspecified atom stereocenters. The second kappa shape index (κ2) is 5.71. The SMILES string of the molecule is CN[C@H]1CCCC[C@H]1N(C)C(=O)OC(C)(C)C. The summed E-state index contributed by atoms with van der Waals surface area (Å²) in [6, 6.07) is 0.643. The number of carbonyl (C=O) groups excluding carboxylic acids is 1. The standard InChI is InChI=1S/C13H26N2O2/c1-13(2,3)17-12(16)15(5)11-9-7-6-8-10(11)14-4/h10-11,14H,6-9H2,1-5H3/t10-,11+/m0/s1. The minimum absolute atomic E-state index is 0.218. The maximum atomic E-state index is 12.0. The molecule has 0 radical (unpaired) electrons. The molecule has 4 heteroatoms. The van der Waals surface area contributed by atoms with Crippen molar-refractivity contribution in [2.24, 2.45) is 0 Å². The minimum atomic E-state index is -0.421. The number of hydrogen-bond acceptors (Lipinski definition) is 3. The summed E-state index contributed by atoms with van der Waals surface area (Å²) in [7, 11) is 3.81. The lowest BCUT2D eigenvalue weighted by Gasteiger charge is -2.38. The number of carbonyl (C=O) groups is 1. The fraction of sp³-hybridized carbons (Fsp3) is 0.923. The van der Waals surface area contributed by atoms with E-state index in [1.165, 1.54) is 12.8 Å². The Bertz CT molecular complexity index is 261. The first-order chi connectivity index (χ1) is 7.85. The summed E-state index contributed by atoms with van der Waals surface area (Å²) in [4.78, 5) is 13.8. The monoisotopic (exact) mass is 242 g/mol. The Hall–Kier alpha value is -0.770. The summed E-state index contributed by atoms with van der Waals surface area (Å²) < 4.78 is 5.40. The van der Waals surface area contributed by atoms with Crippen molar-refractivity contribution < 1.29 is 9.53 Å². The van der Waals surface area contributed by atoms with E-state index in [-0.39, 0.29) is 12.1 Å². The molecular formula is C13H26N2O2. The molecule has 4 nitrogen and oxygen atoms in total. The van der Waals surface area contributed by atoms with E-state index < -0.39 is 5.60 Å². The molecule has 1 N–H and O–H groups in total. The lowest BCUT2D eigenvalue weighted by molar-refractivity contribution is 0.0152. The maximum absolute atomic E-state index is 12.0. The molecule has 0 aliphatic heterocycles. The van der Waals surface area contributed by atoms with Gasteiger partial charge in [0, 0.05) is 19.1 Å². The molecule has 0 aromatic rings. The summed E-state index contributed by atoms with van der Waals surface area (Å²) in [5.74, 6) is 0. The van der Waals surface area contributed by atoms with Crippen molar-refractivity contribution in [3.05, 3.63) is 0 Å². The first-order valence-electron chi connectivity index (χ1n) is 6.48. The van der Waals surface area contributed by atoms with E-state index in [0.29, 0.717) is 6.04 Å². The molecule has 1 amide bonds. The van der Waals surface area contributed by atoms with Crippen molar-refractivity contribution in [1.29, 1.82) is 0 Å². The van der Waals surface area contributed by atoms with E-state index in [9.17, 15) is 4.79 Å². The Balaban J connectivity index is 2.60. The first kappa shape index (κ1) is 14.3. The highest BCUT2D eigenvalue weighted by atomic mass is 16.6. The molecule has 1 rings (SSSR count). The number of amides is 1. The molecule has 0 aromatic carbocycles. The maximum Gasteiger partial charge on any atom is 0.410 e. The van der Waals surface area contributed by atoms with E-state index in [0.717, 1.165) is 12.8 Å². The quantitative estimate of drug-likeness (QED) is 0.808. The molecule has 100 valence electrons. The van der Waals surface area contributed by atoms with Crippen LogP contribution in [-0.2, 0) is 4.74 Å². The molecule has 0 saturated heterocycles. The van der Waals surface area contributed by atoms with Crippen molar-refractivity contribution in [3.63, 3.8) is 0 Å². The fourth-order valence-corrected chi connectivity index (χ4v) is 2.38. The molecule has 1 saturated carbocycles. The molecule has 1 fully saturated rings. The van der Waals surface area contributed by atoms with Crippen LogP contribution in [0.25, 0.3) is 0 Å². The number of likely N-dealkylation sites (N-methyl/N-ethyl adjacent to an activating group) is 2. The Morgan fingerprint density at radius 2 is 1.88 bits per heavy atom. The van der Waals surface area contributed by atoms with E-state index in [2.05, 4.69) is 5.32 Å². The Morgan fingerprint density at radius 1 is 1.29 bits per heavy atom. The number of ether oxygens (including phenoxy) is 1. The van der Waals surface area contributed by atoms with Crippen molar-refractivity contribution in [3.8, 4) is 0 Å². The number of nitrogens with zero attached hydrogens (tertiary/aromatic N) is 1. The van der Waals surface area contributed by atoms with Crippen molar-refractivity contribution in [1.82, 2.24) is 10.2 Å². The van der Waals surface area contributed by atoms with Gasteiger partial charge in [0.2, 0.25) is 0 Å². The van der Waals surface area contributed by atoms with Crippen LogP contribution in [0.3, 0.4) is 0 Å². The normalized spacial score (nSPS) is 25.5. The van der Waals surface area contributed by atoms with Crippen molar-refractivity contribution in [2.75, 3.05) is 14.1 Å². The largest absolute Gasteiger partial charge is 0.444 e. The Kier molecular flexibility index (Phi) is 4.80. The van der Waals surface area contributed by atoms with E-state index in [1.807, 2.05) is 34.9 Å². The fourth-order valence-electron chi connectivity index (χ4n) is 2.38. The van der Waals surface area contributed by atoms with Gasteiger partial charge in [0.1, 0.15) is 5.60 Å². The minimum Gasteiger partial charge on any atom is -0.444 e. The van der Waals surface area contributed by atoms with Crippen LogP contribution in [0.4, 0.5) is 4.79 Å². The average Bonchev–Trinajstić information content (AvgIpc) is 2.25. The van der Waals surface area contributed by atoms with Crippen LogP contribution in [0.2, 0.25) is 0 Å². The third-order valence-corrected chi connectivity index (χ3v) is 3.28. The van der Waals surface area contributed by atoms with Crippen LogP contribution in [0.5, 0.6) is 0 Å². The zero-order chi connectivity index (χ0) is 13.1. The molecule has 1 aliphatic rings. The summed E-state index contributed by atoms with van der Waals surface area (Å²) in [6.45, 7) is 5.69. The predicted octanol–water partition coefficient (Wildman–Crippen LogP) is 2.38. The molecule has 0 bridgehead atoms. The predicted molar refractivity (Wildman–Crippen MR) is 69.1 cm³/mol. The number of rotatable bonds is 2. The van der Waals surface area contributed by atoms with Gasteiger partial charge in [-0.05, 0) is 40.7 Å². The number of hydrogen-bond donors (Lipinski definition) is 1. The topological polar surface area (TPSA) is 41.6 Å². The van der Waals surface area contributed by atoms with Gasteiger partial charge < -0.3 is 15.0 Å². The zero-order valence-corrected chi connectivity index (χ0v) is 11.7. The smallest absolute Gasteiger partial charge is 0.410 e. The summed E-state index contributed by atoms with van der Waals surface area (Å²) >= 11 is 0. The van der Waals surface area contributed by atoms with Crippen LogP contribution in [0.1, 0.15) is 46.5 Å².